The number of carboxylic acid groups (broad SMARTS) is 4. The topological polar surface area (TPSA) is 364 Å². The lowest BCUT2D eigenvalue weighted by atomic mass is 10.0. The minimum atomic E-state index is -1.57. The lowest BCUT2D eigenvalue weighted by Crippen LogP contribution is -2.51. The van der Waals surface area contributed by atoms with Gasteiger partial charge in [0.2, 0.25) is 29.5 Å². The fourth-order valence-corrected chi connectivity index (χ4v) is 6.95. The number of unbranched alkanes of at least 4 members (excludes halogenated alkanes) is 1. The average Bonchev–Trinajstić information content (AvgIpc) is 3.34. The molecule has 0 bridgehead atoms. The molecule has 0 saturated heterocycles. The van der Waals surface area contributed by atoms with E-state index in [1.54, 1.807) is 0 Å². The summed E-state index contributed by atoms with van der Waals surface area (Å²) in [6.07, 6.45) is -0.990. The normalized spacial score (nSPS) is 12.5. The summed E-state index contributed by atoms with van der Waals surface area (Å²) < 4.78 is 16.3. The molecule has 11 N–H and O–H groups in total. The number of amides is 7. The molecule has 73 heavy (non-hydrogen) atoms. The number of ether oxygens (including phenoxy) is 3. The summed E-state index contributed by atoms with van der Waals surface area (Å²) in [5, 5.41) is 56.6. The molecule has 0 fully saturated rings. The van der Waals surface area contributed by atoms with E-state index in [0.717, 1.165) is 16.3 Å². The van der Waals surface area contributed by atoms with Gasteiger partial charge >= 0.3 is 29.9 Å². The third kappa shape index (κ3) is 24.8. The maximum atomic E-state index is 13.6. The van der Waals surface area contributed by atoms with E-state index in [9.17, 15) is 63.3 Å². The van der Waals surface area contributed by atoms with Gasteiger partial charge in [0.15, 0.2) is 0 Å². The van der Waals surface area contributed by atoms with Gasteiger partial charge in [-0.3, -0.25) is 28.8 Å². The highest BCUT2D eigenvalue weighted by Crippen LogP contribution is 2.17. The average molecular weight is 1020 g/mol. The zero-order valence-corrected chi connectivity index (χ0v) is 40.5. The van der Waals surface area contributed by atoms with Crippen molar-refractivity contribution in [2.45, 2.75) is 88.9 Å². The molecule has 0 radical (unpaired) electrons. The van der Waals surface area contributed by atoms with Crippen molar-refractivity contribution in [2.75, 3.05) is 59.3 Å². The van der Waals surface area contributed by atoms with Crippen molar-refractivity contribution in [2.24, 2.45) is 0 Å². The van der Waals surface area contributed by atoms with Gasteiger partial charge in [-0.1, -0.05) is 54.6 Å². The van der Waals surface area contributed by atoms with Crippen LogP contribution in [0.4, 0.5) is 4.79 Å². The van der Waals surface area contributed by atoms with Crippen LogP contribution in [0, 0.1) is 0 Å². The van der Waals surface area contributed by atoms with Gasteiger partial charge in [0.05, 0.1) is 45.2 Å². The van der Waals surface area contributed by atoms with Gasteiger partial charge in [0.1, 0.15) is 24.2 Å². The molecule has 0 heterocycles. The number of aromatic carboxylic acids is 1. The first kappa shape index (κ1) is 59.6. The monoisotopic (exact) mass is 1020 g/mol. The Morgan fingerprint density at radius 2 is 1.03 bits per heavy atom. The molecule has 0 aliphatic carbocycles. The number of hydrogen-bond donors (Lipinski definition) is 11. The Kier molecular flexibility index (Phi) is 27.0. The van der Waals surface area contributed by atoms with Crippen molar-refractivity contribution >= 4 is 70.2 Å². The Labute approximate surface area is 420 Å². The van der Waals surface area contributed by atoms with Gasteiger partial charge in [0, 0.05) is 58.7 Å². The lowest BCUT2D eigenvalue weighted by Gasteiger charge is -2.21. The Hall–Kier alpha value is -7.70. The van der Waals surface area contributed by atoms with Gasteiger partial charge in [-0.15, -0.1) is 0 Å². The molecule has 0 saturated carbocycles. The predicted octanol–water partition coefficient (Wildman–Crippen LogP) is 0.732. The van der Waals surface area contributed by atoms with E-state index in [1.165, 1.54) is 31.2 Å². The highest BCUT2D eigenvalue weighted by atomic mass is 16.5. The van der Waals surface area contributed by atoms with Crippen molar-refractivity contribution in [1.82, 2.24) is 37.2 Å². The minimum absolute atomic E-state index is 0.0126. The SMILES string of the molecule is CC(=O)NCCOCCOCCOCCC(=O)N[C@@H](Cc1ccc(C(=O)O)cc1)C(=O)NCCC(=O)N[C@@H](Cc1ccc2ccccc2c1)C(=O)NCCCC[C@H](NC(=O)N[C@@H](CCC(=O)O)C(=O)O)C(=O)O. The second kappa shape index (κ2) is 33.0. The molecule has 4 atom stereocenters. The molecule has 0 aromatic heterocycles. The van der Waals surface area contributed by atoms with E-state index >= 15 is 0 Å². The smallest absolute Gasteiger partial charge is 0.335 e. The summed E-state index contributed by atoms with van der Waals surface area (Å²) in [6.45, 7) is 3.03. The molecule has 3 aromatic rings. The van der Waals surface area contributed by atoms with E-state index in [-0.39, 0.29) is 89.3 Å². The van der Waals surface area contributed by atoms with Gasteiger partial charge in [-0.25, -0.2) is 19.2 Å². The summed E-state index contributed by atoms with van der Waals surface area (Å²) in [5.74, 6) is -7.78. The fraction of sp³-hybridized carbons (Fsp3) is 0.469. The molecule has 3 rings (SSSR count). The van der Waals surface area contributed by atoms with Crippen LogP contribution in [0.15, 0.2) is 66.7 Å². The largest absolute Gasteiger partial charge is 0.481 e. The van der Waals surface area contributed by atoms with Crippen molar-refractivity contribution in [3.05, 3.63) is 83.4 Å². The molecule has 7 amide bonds. The summed E-state index contributed by atoms with van der Waals surface area (Å²) in [5.41, 5.74) is 1.29. The first-order valence-corrected chi connectivity index (χ1v) is 23.6. The van der Waals surface area contributed by atoms with Crippen LogP contribution in [0.25, 0.3) is 10.8 Å². The zero-order valence-electron chi connectivity index (χ0n) is 40.5. The molecule has 0 aliphatic heterocycles. The molecule has 24 nitrogen and oxygen atoms in total. The number of fused-ring (bicyclic) bond motifs is 1. The second-order valence-electron chi connectivity index (χ2n) is 16.6. The standard InChI is InChI=1S/C49H65N7O17/c1-31(57)50-21-23-72-25-27-73-26-24-71-22-18-42(59)54-39(29-32-9-13-35(14-10-32)46(64)65)45(63)52-20-17-41(58)53-40(30-33-11-12-34-6-2-3-7-36(34)28-33)44(62)51-19-5-4-8-37(47(66)67)55-49(70)56-38(48(68)69)15-16-43(60)61/h2-3,6-7,9-14,28,37-40H,4-5,8,15-27,29-30H2,1H3,(H,50,57)(H,51,62)(H,52,63)(H,53,58)(H,54,59)(H,60,61)(H,64,65)(H,66,67)(H,68,69)(H2,55,56,70)/t37-,38-,39-,40-/m0/s1. The quantitative estimate of drug-likeness (QED) is 0.0358. The predicted molar refractivity (Wildman–Crippen MR) is 260 cm³/mol. The van der Waals surface area contributed by atoms with Crippen LogP contribution in [0.5, 0.6) is 0 Å². The van der Waals surface area contributed by atoms with Crippen LogP contribution in [-0.2, 0) is 65.4 Å². The highest BCUT2D eigenvalue weighted by molar-refractivity contribution is 5.91. The summed E-state index contributed by atoms with van der Waals surface area (Å²) in [4.78, 5) is 122. The third-order valence-corrected chi connectivity index (χ3v) is 10.8. The van der Waals surface area contributed by atoms with Crippen LogP contribution in [-0.4, -0.2) is 163 Å². The highest BCUT2D eigenvalue weighted by Gasteiger charge is 2.26. The Morgan fingerprint density at radius 1 is 0.493 bits per heavy atom. The van der Waals surface area contributed by atoms with Crippen LogP contribution in [0.3, 0.4) is 0 Å². The Balaban J connectivity index is 1.56. The van der Waals surface area contributed by atoms with Crippen molar-refractivity contribution in [1.29, 1.82) is 0 Å². The number of carbonyl (C=O) groups excluding carboxylic acids is 6. The van der Waals surface area contributed by atoms with E-state index in [0.29, 0.717) is 31.9 Å². The maximum absolute atomic E-state index is 13.6. The number of aliphatic carboxylic acids is 3. The number of urea groups is 1. The summed E-state index contributed by atoms with van der Waals surface area (Å²) in [6, 6.07) is 12.5. The van der Waals surface area contributed by atoms with Gasteiger partial charge < -0.3 is 71.9 Å². The fourth-order valence-electron chi connectivity index (χ4n) is 6.95. The van der Waals surface area contributed by atoms with E-state index in [4.69, 9.17) is 19.3 Å². The molecule has 398 valence electrons. The van der Waals surface area contributed by atoms with Crippen LogP contribution in [0.1, 0.15) is 73.4 Å². The molecule has 3 aromatic carbocycles. The molecule has 24 heteroatoms. The van der Waals surface area contributed by atoms with Gasteiger partial charge in [-0.05, 0) is 59.7 Å². The van der Waals surface area contributed by atoms with Crippen LogP contribution < -0.4 is 37.2 Å². The number of hydrogen-bond acceptors (Lipinski definition) is 13. The molecular weight excluding hydrogens is 959 g/mol. The number of nitrogens with one attached hydrogen (secondary N) is 7. The molecule has 0 aliphatic rings. The Bertz CT molecular complexity index is 2330. The first-order chi connectivity index (χ1) is 34.9. The third-order valence-electron chi connectivity index (χ3n) is 10.8. The zero-order chi connectivity index (χ0) is 53.5. The number of carboxylic acids is 4. The number of benzene rings is 3. The van der Waals surface area contributed by atoms with Crippen LogP contribution >= 0.6 is 0 Å². The van der Waals surface area contributed by atoms with Crippen molar-refractivity contribution in [3.8, 4) is 0 Å². The molecule has 0 spiro atoms. The first-order valence-electron chi connectivity index (χ1n) is 23.6. The maximum Gasteiger partial charge on any atom is 0.335 e. The second-order valence-corrected chi connectivity index (χ2v) is 16.6. The van der Waals surface area contributed by atoms with E-state index in [1.807, 2.05) is 42.5 Å². The van der Waals surface area contributed by atoms with Crippen molar-refractivity contribution < 1.29 is 82.6 Å². The van der Waals surface area contributed by atoms with E-state index < -0.39 is 90.5 Å². The Morgan fingerprint density at radius 3 is 1.62 bits per heavy atom. The molecular formula is C49H65N7O17. The van der Waals surface area contributed by atoms with Gasteiger partial charge in [0.25, 0.3) is 0 Å². The van der Waals surface area contributed by atoms with Gasteiger partial charge in [-0.2, -0.15) is 0 Å². The number of carbonyl (C=O) groups is 10. The summed E-state index contributed by atoms with van der Waals surface area (Å²) in [7, 11) is 0. The lowest BCUT2D eigenvalue weighted by molar-refractivity contribution is -0.141. The minimum Gasteiger partial charge on any atom is -0.481 e. The van der Waals surface area contributed by atoms with Crippen LogP contribution in [0.2, 0.25) is 0 Å². The number of rotatable bonds is 36. The van der Waals surface area contributed by atoms with Crippen molar-refractivity contribution in [3.63, 3.8) is 0 Å². The van der Waals surface area contributed by atoms with E-state index in [2.05, 4.69) is 37.2 Å². The molecule has 0 unspecified atom stereocenters. The summed E-state index contributed by atoms with van der Waals surface area (Å²) >= 11 is 0.